The van der Waals surface area contributed by atoms with Crippen LogP contribution in [0.15, 0.2) is 42.5 Å². The molecule has 1 N–H and O–H groups in total. The minimum atomic E-state index is 0.251. The van der Waals surface area contributed by atoms with E-state index in [-0.39, 0.29) is 6.04 Å². The molecular weight excluding hydrogens is 282 g/mol. The Morgan fingerprint density at radius 2 is 1.76 bits per heavy atom. The first-order valence-electron chi connectivity index (χ1n) is 7.41. The molecule has 1 atom stereocenters. The molecule has 1 saturated carbocycles. The zero-order chi connectivity index (χ0) is 14.8. The molecular formula is C18H20ClNO. The molecule has 0 aromatic heterocycles. The van der Waals surface area contributed by atoms with Crippen molar-refractivity contribution in [2.24, 2.45) is 0 Å². The van der Waals surface area contributed by atoms with Crippen LogP contribution in [-0.4, -0.2) is 13.2 Å². The zero-order valence-electron chi connectivity index (χ0n) is 12.4. The zero-order valence-corrected chi connectivity index (χ0v) is 13.2. The predicted molar refractivity (Wildman–Crippen MR) is 88.0 cm³/mol. The molecule has 0 aliphatic heterocycles. The van der Waals surface area contributed by atoms with E-state index in [0.29, 0.717) is 6.10 Å². The van der Waals surface area contributed by atoms with Crippen LogP contribution >= 0.6 is 11.6 Å². The van der Waals surface area contributed by atoms with Gasteiger partial charge in [0.1, 0.15) is 5.75 Å². The van der Waals surface area contributed by atoms with Crippen LogP contribution < -0.4 is 10.1 Å². The SMILES string of the molecule is CNC(C)c1ccc(-c2ccc(OC3CC3)cc2)cc1Cl. The quantitative estimate of drug-likeness (QED) is 0.854. The lowest BCUT2D eigenvalue weighted by atomic mass is 10.0. The van der Waals surface area contributed by atoms with Crippen molar-refractivity contribution >= 4 is 11.6 Å². The van der Waals surface area contributed by atoms with Gasteiger partial charge in [0.05, 0.1) is 6.10 Å². The maximum Gasteiger partial charge on any atom is 0.119 e. The molecule has 0 heterocycles. The lowest BCUT2D eigenvalue weighted by Gasteiger charge is -2.14. The van der Waals surface area contributed by atoms with Gasteiger partial charge in [-0.15, -0.1) is 0 Å². The smallest absolute Gasteiger partial charge is 0.119 e. The van der Waals surface area contributed by atoms with E-state index >= 15 is 0 Å². The average molecular weight is 302 g/mol. The Balaban J connectivity index is 1.80. The van der Waals surface area contributed by atoms with Gasteiger partial charge in [0.2, 0.25) is 0 Å². The summed E-state index contributed by atoms with van der Waals surface area (Å²) in [6.07, 6.45) is 2.80. The van der Waals surface area contributed by atoms with Gasteiger partial charge in [0, 0.05) is 11.1 Å². The monoisotopic (exact) mass is 301 g/mol. The fourth-order valence-corrected chi connectivity index (χ4v) is 2.66. The van der Waals surface area contributed by atoms with Crippen LogP contribution in [0.5, 0.6) is 5.75 Å². The highest BCUT2D eigenvalue weighted by atomic mass is 35.5. The molecule has 2 aromatic rings. The third-order valence-corrected chi connectivity index (χ3v) is 4.24. The Morgan fingerprint density at radius 3 is 2.33 bits per heavy atom. The van der Waals surface area contributed by atoms with Crippen molar-refractivity contribution in [2.45, 2.75) is 31.9 Å². The van der Waals surface area contributed by atoms with Crippen LogP contribution in [0.4, 0.5) is 0 Å². The topological polar surface area (TPSA) is 21.3 Å². The van der Waals surface area contributed by atoms with E-state index in [9.17, 15) is 0 Å². The molecule has 0 bridgehead atoms. The van der Waals surface area contributed by atoms with Crippen LogP contribution in [0.25, 0.3) is 11.1 Å². The fraction of sp³-hybridized carbons (Fsp3) is 0.333. The Hall–Kier alpha value is -1.51. The number of benzene rings is 2. The van der Waals surface area contributed by atoms with Crippen molar-refractivity contribution in [3.63, 3.8) is 0 Å². The first-order chi connectivity index (χ1) is 10.2. The standard InChI is InChI=1S/C18H20ClNO/c1-12(20-2)17-10-5-14(11-18(17)19)13-3-6-15(7-4-13)21-16-8-9-16/h3-7,10-12,16,20H,8-9H2,1-2H3. The predicted octanol–water partition coefficient (Wildman–Crippen LogP) is 4.83. The maximum atomic E-state index is 6.40. The van der Waals surface area contributed by atoms with Crippen molar-refractivity contribution in [2.75, 3.05) is 7.05 Å². The molecule has 3 rings (SSSR count). The van der Waals surface area contributed by atoms with Crippen LogP contribution in [0.1, 0.15) is 31.4 Å². The minimum absolute atomic E-state index is 0.251. The molecule has 21 heavy (non-hydrogen) atoms. The maximum absolute atomic E-state index is 6.40. The molecule has 1 aliphatic rings. The molecule has 1 aliphatic carbocycles. The Labute approximate surface area is 131 Å². The minimum Gasteiger partial charge on any atom is -0.490 e. The molecule has 0 spiro atoms. The van der Waals surface area contributed by atoms with E-state index in [2.05, 4.69) is 36.5 Å². The molecule has 0 amide bonds. The second-order valence-corrected chi connectivity index (χ2v) is 6.00. The lowest BCUT2D eigenvalue weighted by molar-refractivity contribution is 0.303. The third kappa shape index (κ3) is 3.39. The summed E-state index contributed by atoms with van der Waals surface area (Å²) in [5.41, 5.74) is 3.41. The number of hydrogen-bond acceptors (Lipinski definition) is 2. The van der Waals surface area contributed by atoms with Gasteiger partial charge in [-0.05, 0) is 61.7 Å². The second-order valence-electron chi connectivity index (χ2n) is 5.59. The van der Waals surface area contributed by atoms with Gasteiger partial charge in [-0.3, -0.25) is 0 Å². The van der Waals surface area contributed by atoms with E-state index in [1.54, 1.807) is 0 Å². The summed E-state index contributed by atoms with van der Waals surface area (Å²) in [5, 5.41) is 4.01. The normalized spacial score (nSPS) is 15.8. The van der Waals surface area contributed by atoms with Crippen molar-refractivity contribution in [3.8, 4) is 16.9 Å². The molecule has 3 heteroatoms. The van der Waals surface area contributed by atoms with Crippen LogP contribution in [0, 0.1) is 0 Å². The van der Waals surface area contributed by atoms with Gasteiger partial charge >= 0.3 is 0 Å². The van der Waals surface area contributed by atoms with Crippen LogP contribution in [0.3, 0.4) is 0 Å². The number of hydrogen-bond donors (Lipinski definition) is 1. The van der Waals surface area contributed by atoms with Gasteiger partial charge in [0.15, 0.2) is 0 Å². The molecule has 2 nitrogen and oxygen atoms in total. The Bertz CT molecular complexity index is 620. The number of halogens is 1. The summed E-state index contributed by atoms with van der Waals surface area (Å²) in [4.78, 5) is 0. The summed E-state index contributed by atoms with van der Waals surface area (Å²) in [6.45, 7) is 2.10. The van der Waals surface area contributed by atoms with E-state index in [0.717, 1.165) is 27.5 Å². The van der Waals surface area contributed by atoms with Gasteiger partial charge in [-0.2, -0.15) is 0 Å². The van der Waals surface area contributed by atoms with Gasteiger partial charge < -0.3 is 10.1 Å². The van der Waals surface area contributed by atoms with Crippen molar-refractivity contribution < 1.29 is 4.74 Å². The van der Waals surface area contributed by atoms with Crippen molar-refractivity contribution in [1.82, 2.24) is 5.32 Å². The van der Waals surface area contributed by atoms with E-state index in [1.807, 2.05) is 25.2 Å². The second kappa shape index (κ2) is 6.08. The molecule has 1 unspecified atom stereocenters. The number of rotatable bonds is 5. The van der Waals surface area contributed by atoms with E-state index in [1.165, 1.54) is 12.8 Å². The number of nitrogens with one attached hydrogen (secondary N) is 1. The van der Waals surface area contributed by atoms with Crippen LogP contribution in [0.2, 0.25) is 5.02 Å². The summed E-state index contributed by atoms with van der Waals surface area (Å²) in [6, 6.07) is 14.7. The van der Waals surface area contributed by atoms with Crippen molar-refractivity contribution in [3.05, 3.63) is 53.1 Å². The third-order valence-electron chi connectivity index (χ3n) is 3.91. The summed E-state index contributed by atoms with van der Waals surface area (Å²) < 4.78 is 5.77. The summed E-state index contributed by atoms with van der Waals surface area (Å²) >= 11 is 6.40. The van der Waals surface area contributed by atoms with Gasteiger partial charge in [-0.25, -0.2) is 0 Å². The first kappa shape index (κ1) is 14.4. The average Bonchev–Trinajstić information content (AvgIpc) is 3.31. The molecule has 0 radical (unpaired) electrons. The summed E-state index contributed by atoms with van der Waals surface area (Å²) in [5.74, 6) is 0.952. The molecule has 110 valence electrons. The van der Waals surface area contributed by atoms with E-state index < -0.39 is 0 Å². The molecule has 1 fully saturated rings. The van der Waals surface area contributed by atoms with Gasteiger partial charge in [-0.1, -0.05) is 35.9 Å². The molecule has 0 saturated heterocycles. The number of ether oxygens (including phenoxy) is 1. The molecule has 2 aromatic carbocycles. The van der Waals surface area contributed by atoms with E-state index in [4.69, 9.17) is 16.3 Å². The largest absolute Gasteiger partial charge is 0.490 e. The van der Waals surface area contributed by atoms with Crippen LogP contribution in [-0.2, 0) is 0 Å². The first-order valence-corrected chi connectivity index (χ1v) is 7.79. The van der Waals surface area contributed by atoms with Gasteiger partial charge in [0.25, 0.3) is 0 Å². The highest BCUT2D eigenvalue weighted by molar-refractivity contribution is 6.31. The fourth-order valence-electron chi connectivity index (χ4n) is 2.32. The Kier molecular flexibility index (Phi) is 4.18. The summed E-state index contributed by atoms with van der Waals surface area (Å²) in [7, 11) is 1.94. The highest BCUT2D eigenvalue weighted by Gasteiger charge is 2.23. The Morgan fingerprint density at radius 1 is 1.10 bits per heavy atom. The lowest BCUT2D eigenvalue weighted by Crippen LogP contribution is -2.12. The highest BCUT2D eigenvalue weighted by Crippen LogP contribution is 2.31. The van der Waals surface area contributed by atoms with Crippen molar-refractivity contribution in [1.29, 1.82) is 0 Å².